The number of carbonyl (C=O) groups excluding carboxylic acids is 1. The van der Waals surface area contributed by atoms with Crippen LogP contribution in [0.2, 0.25) is 5.02 Å². The molecule has 0 unspecified atom stereocenters. The highest BCUT2D eigenvalue weighted by Gasteiger charge is 2.20. The van der Waals surface area contributed by atoms with Gasteiger partial charge in [-0.25, -0.2) is 0 Å². The maximum absolute atomic E-state index is 12.5. The number of aromatic hydroxyl groups is 1. The predicted molar refractivity (Wildman–Crippen MR) is 92.2 cm³/mol. The molecule has 0 aliphatic heterocycles. The van der Waals surface area contributed by atoms with Crippen LogP contribution in [-0.2, 0) is 0 Å². The number of methoxy groups -OCH3 is 1. The number of hydrogen-bond acceptors (Lipinski definition) is 4. The lowest BCUT2D eigenvalue weighted by atomic mass is 10.1. The fraction of sp³-hybridized carbons (Fsp3) is 0.0588. The van der Waals surface area contributed by atoms with Gasteiger partial charge in [-0.05, 0) is 30.3 Å². The molecule has 0 spiro atoms. The Morgan fingerprint density at radius 1 is 1.25 bits per heavy atom. The number of carbonyl (C=O) groups is 1. The highest BCUT2D eigenvalue weighted by atomic mass is 35.5. The number of halogens is 1. The molecule has 6 nitrogen and oxygen atoms in total. The molecular formula is C17H13ClN2O4. The quantitative estimate of drug-likeness (QED) is 0.680. The first-order valence-corrected chi connectivity index (χ1v) is 7.38. The average Bonchev–Trinajstić information content (AvgIpc) is 2.55. The van der Waals surface area contributed by atoms with E-state index < -0.39 is 11.5 Å². The second kappa shape index (κ2) is 6.25. The normalized spacial score (nSPS) is 10.6. The third kappa shape index (κ3) is 2.79. The van der Waals surface area contributed by atoms with Crippen LogP contribution in [0, 0.1) is 0 Å². The van der Waals surface area contributed by atoms with Crippen molar-refractivity contribution in [2.24, 2.45) is 0 Å². The summed E-state index contributed by atoms with van der Waals surface area (Å²) in [6.07, 6.45) is 0. The fourth-order valence-electron chi connectivity index (χ4n) is 2.40. The highest BCUT2D eigenvalue weighted by molar-refractivity contribution is 6.31. The van der Waals surface area contributed by atoms with Gasteiger partial charge in [0, 0.05) is 10.4 Å². The summed E-state index contributed by atoms with van der Waals surface area (Å²) in [5, 5.41) is 13.6. The van der Waals surface area contributed by atoms with Gasteiger partial charge in [0.1, 0.15) is 17.1 Å². The van der Waals surface area contributed by atoms with Crippen LogP contribution in [0.3, 0.4) is 0 Å². The SMILES string of the molecule is COc1ccc(Cl)cc1NC(=O)c1c(O)c2ccccc2[nH]c1=O. The number of hydrogen-bond donors (Lipinski definition) is 3. The number of aromatic nitrogens is 1. The standard InChI is InChI=1S/C17H13ClN2O4/c1-24-13-7-6-9(18)8-12(13)20-17(23)14-15(21)10-4-2-3-5-11(10)19-16(14)22/h2-8H,1H3,(H,20,23)(H2,19,21,22). The molecule has 0 bridgehead atoms. The van der Waals surface area contributed by atoms with E-state index in [1.807, 2.05) is 0 Å². The van der Waals surface area contributed by atoms with E-state index >= 15 is 0 Å². The van der Waals surface area contributed by atoms with Crippen molar-refractivity contribution in [3.8, 4) is 11.5 Å². The molecule has 0 atom stereocenters. The summed E-state index contributed by atoms with van der Waals surface area (Å²) in [6, 6.07) is 11.3. The van der Waals surface area contributed by atoms with Crippen LogP contribution >= 0.6 is 11.6 Å². The van der Waals surface area contributed by atoms with Crippen molar-refractivity contribution in [3.05, 3.63) is 63.4 Å². The molecule has 7 heteroatoms. The summed E-state index contributed by atoms with van der Waals surface area (Å²) >= 11 is 5.92. The van der Waals surface area contributed by atoms with Gasteiger partial charge in [0.15, 0.2) is 0 Å². The molecule has 1 aromatic heterocycles. The van der Waals surface area contributed by atoms with Gasteiger partial charge in [-0.3, -0.25) is 9.59 Å². The molecule has 0 aliphatic rings. The van der Waals surface area contributed by atoms with E-state index in [1.54, 1.807) is 36.4 Å². The largest absolute Gasteiger partial charge is 0.506 e. The molecule has 2 aromatic carbocycles. The molecule has 3 rings (SSSR count). The van der Waals surface area contributed by atoms with Gasteiger partial charge in [0.05, 0.1) is 18.3 Å². The molecule has 1 heterocycles. The molecule has 1 amide bonds. The number of pyridine rings is 1. The van der Waals surface area contributed by atoms with Crippen molar-refractivity contribution in [3.63, 3.8) is 0 Å². The average molecular weight is 345 g/mol. The van der Waals surface area contributed by atoms with Crippen molar-refractivity contribution in [2.75, 3.05) is 12.4 Å². The van der Waals surface area contributed by atoms with Crippen molar-refractivity contribution < 1.29 is 14.6 Å². The highest BCUT2D eigenvalue weighted by Crippen LogP contribution is 2.29. The Hall–Kier alpha value is -2.99. The Bertz CT molecular complexity index is 998. The smallest absolute Gasteiger partial charge is 0.265 e. The Balaban J connectivity index is 2.07. The van der Waals surface area contributed by atoms with Gasteiger partial charge in [-0.2, -0.15) is 0 Å². The first kappa shape index (κ1) is 15.9. The van der Waals surface area contributed by atoms with E-state index in [1.165, 1.54) is 13.2 Å². The van der Waals surface area contributed by atoms with Gasteiger partial charge in [0.2, 0.25) is 0 Å². The summed E-state index contributed by atoms with van der Waals surface area (Å²) in [5.41, 5.74) is -0.334. The van der Waals surface area contributed by atoms with E-state index in [0.29, 0.717) is 27.4 Å². The molecule has 3 N–H and O–H groups in total. The third-order valence-corrected chi connectivity index (χ3v) is 3.77. The topological polar surface area (TPSA) is 91.4 Å². The number of fused-ring (bicyclic) bond motifs is 1. The van der Waals surface area contributed by atoms with Gasteiger partial charge >= 0.3 is 0 Å². The zero-order valence-electron chi connectivity index (χ0n) is 12.6. The van der Waals surface area contributed by atoms with Crippen molar-refractivity contribution in [1.82, 2.24) is 4.98 Å². The van der Waals surface area contributed by atoms with Gasteiger partial charge in [-0.1, -0.05) is 23.7 Å². The summed E-state index contributed by atoms with van der Waals surface area (Å²) in [6.45, 7) is 0. The number of para-hydroxylation sites is 1. The second-order valence-electron chi connectivity index (χ2n) is 5.02. The third-order valence-electron chi connectivity index (χ3n) is 3.53. The fourth-order valence-corrected chi connectivity index (χ4v) is 2.57. The molecule has 0 radical (unpaired) electrons. The zero-order chi connectivity index (χ0) is 17.3. The van der Waals surface area contributed by atoms with E-state index in [2.05, 4.69) is 10.3 Å². The van der Waals surface area contributed by atoms with Crippen LogP contribution < -0.4 is 15.6 Å². The first-order valence-electron chi connectivity index (χ1n) is 7.00. The zero-order valence-corrected chi connectivity index (χ0v) is 13.3. The van der Waals surface area contributed by atoms with Crippen LogP contribution in [0.5, 0.6) is 11.5 Å². The lowest BCUT2D eigenvalue weighted by Crippen LogP contribution is -2.23. The monoisotopic (exact) mass is 344 g/mol. The van der Waals surface area contributed by atoms with Crippen LogP contribution in [-0.4, -0.2) is 23.1 Å². The van der Waals surface area contributed by atoms with Crippen LogP contribution in [0.4, 0.5) is 5.69 Å². The Kier molecular flexibility index (Phi) is 4.14. The summed E-state index contributed by atoms with van der Waals surface area (Å²) in [7, 11) is 1.44. The lowest BCUT2D eigenvalue weighted by molar-refractivity contribution is 0.102. The molecule has 24 heavy (non-hydrogen) atoms. The lowest BCUT2D eigenvalue weighted by Gasteiger charge is -2.11. The van der Waals surface area contributed by atoms with E-state index in [9.17, 15) is 14.7 Å². The number of benzene rings is 2. The Labute approximate surface area is 141 Å². The molecule has 0 saturated carbocycles. The van der Waals surface area contributed by atoms with E-state index in [0.717, 1.165) is 0 Å². The summed E-state index contributed by atoms with van der Waals surface area (Å²) < 4.78 is 5.15. The number of rotatable bonds is 3. The molecule has 0 fully saturated rings. The predicted octanol–water partition coefficient (Wildman–Crippen LogP) is 3.15. The summed E-state index contributed by atoms with van der Waals surface area (Å²) in [4.78, 5) is 27.2. The van der Waals surface area contributed by atoms with Crippen LogP contribution in [0.15, 0.2) is 47.3 Å². The number of aromatic amines is 1. The molecule has 0 aliphatic carbocycles. The maximum atomic E-state index is 12.5. The Morgan fingerprint density at radius 3 is 2.75 bits per heavy atom. The minimum atomic E-state index is -0.764. The minimum Gasteiger partial charge on any atom is -0.506 e. The first-order chi connectivity index (χ1) is 11.5. The van der Waals surface area contributed by atoms with Crippen LogP contribution in [0.25, 0.3) is 10.9 Å². The number of amides is 1. The van der Waals surface area contributed by atoms with E-state index in [4.69, 9.17) is 16.3 Å². The summed E-state index contributed by atoms with van der Waals surface area (Å²) in [5.74, 6) is -0.766. The minimum absolute atomic E-state index is 0.293. The van der Waals surface area contributed by atoms with Gasteiger partial charge in [0.25, 0.3) is 11.5 Å². The number of ether oxygens (including phenoxy) is 1. The Morgan fingerprint density at radius 2 is 2.00 bits per heavy atom. The van der Waals surface area contributed by atoms with Crippen molar-refractivity contribution in [1.29, 1.82) is 0 Å². The van der Waals surface area contributed by atoms with Crippen molar-refractivity contribution in [2.45, 2.75) is 0 Å². The number of H-pyrrole nitrogens is 1. The maximum Gasteiger partial charge on any atom is 0.265 e. The second-order valence-corrected chi connectivity index (χ2v) is 5.46. The molecule has 3 aromatic rings. The van der Waals surface area contributed by atoms with Crippen LogP contribution in [0.1, 0.15) is 10.4 Å². The molecular weight excluding hydrogens is 332 g/mol. The molecule has 0 saturated heterocycles. The van der Waals surface area contributed by atoms with Crippen molar-refractivity contribution >= 4 is 34.1 Å². The van der Waals surface area contributed by atoms with Gasteiger partial charge in [-0.15, -0.1) is 0 Å². The van der Waals surface area contributed by atoms with Gasteiger partial charge < -0.3 is 20.1 Å². The molecule has 122 valence electrons. The number of nitrogens with one attached hydrogen (secondary N) is 2. The van der Waals surface area contributed by atoms with E-state index in [-0.39, 0.29) is 11.3 Å². The number of anilines is 1.